The van der Waals surface area contributed by atoms with Gasteiger partial charge >= 0.3 is 5.97 Å². The molecular weight excluding hydrogens is 192 g/mol. The molecule has 3 nitrogen and oxygen atoms in total. The van der Waals surface area contributed by atoms with Gasteiger partial charge in [0.05, 0.1) is 0 Å². The predicted octanol–water partition coefficient (Wildman–Crippen LogP) is 2.41. The lowest BCUT2D eigenvalue weighted by atomic mass is 10.3. The van der Waals surface area contributed by atoms with E-state index in [1.54, 1.807) is 0 Å². The molecule has 1 aromatic rings. The van der Waals surface area contributed by atoms with Crippen molar-refractivity contribution >= 4 is 5.97 Å². The van der Waals surface area contributed by atoms with Gasteiger partial charge in [0.1, 0.15) is 18.5 Å². The summed E-state index contributed by atoms with van der Waals surface area (Å²) < 4.78 is 10.5. The Morgan fingerprint density at radius 2 is 2.00 bits per heavy atom. The molecule has 1 rings (SSSR count). The molecule has 0 fully saturated rings. The number of para-hydroxylation sites is 1. The van der Waals surface area contributed by atoms with Crippen molar-refractivity contribution in [1.82, 2.24) is 0 Å². The minimum atomic E-state index is -0.265. The van der Waals surface area contributed by atoms with Gasteiger partial charge in [-0.15, -0.1) is 0 Å². The number of benzene rings is 1. The van der Waals surface area contributed by atoms with E-state index in [0.29, 0.717) is 6.61 Å². The zero-order valence-electron chi connectivity index (χ0n) is 9.10. The van der Waals surface area contributed by atoms with Crippen LogP contribution < -0.4 is 4.74 Å². The topological polar surface area (TPSA) is 35.5 Å². The van der Waals surface area contributed by atoms with Crippen LogP contribution in [0.2, 0.25) is 0 Å². The van der Waals surface area contributed by atoms with E-state index in [1.807, 2.05) is 37.3 Å². The number of esters is 1. The van der Waals surface area contributed by atoms with Crippen molar-refractivity contribution in [3.05, 3.63) is 30.3 Å². The second-order valence-corrected chi connectivity index (χ2v) is 3.26. The van der Waals surface area contributed by atoms with Crippen LogP contribution in [0, 0.1) is 0 Å². The monoisotopic (exact) mass is 208 g/mol. The van der Waals surface area contributed by atoms with Crippen molar-refractivity contribution in [3.8, 4) is 5.75 Å². The molecule has 0 radical (unpaired) electrons. The van der Waals surface area contributed by atoms with Crippen LogP contribution in [0.1, 0.15) is 20.3 Å². The summed E-state index contributed by atoms with van der Waals surface area (Å²) in [6, 6.07) is 9.49. The van der Waals surface area contributed by atoms with Gasteiger partial charge < -0.3 is 9.47 Å². The molecular formula is C12H16O3. The smallest absolute Gasteiger partial charge is 0.303 e. The van der Waals surface area contributed by atoms with Crippen molar-refractivity contribution in [2.45, 2.75) is 26.4 Å². The third-order valence-corrected chi connectivity index (χ3v) is 1.97. The Labute approximate surface area is 90.0 Å². The molecule has 0 N–H and O–H groups in total. The summed E-state index contributed by atoms with van der Waals surface area (Å²) >= 11 is 0. The van der Waals surface area contributed by atoms with E-state index < -0.39 is 0 Å². The minimum Gasteiger partial charge on any atom is -0.490 e. The first-order chi connectivity index (χ1) is 7.22. The van der Waals surface area contributed by atoms with Gasteiger partial charge in [0.2, 0.25) is 0 Å². The number of hydrogen-bond donors (Lipinski definition) is 0. The summed E-state index contributed by atoms with van der Waals surface area (Å²) in [5.74, 6) is 0.529. The van der Waals surface area contributed by atoms with E-state index in [1.165, 1.54) is 6.92 Å². The van der Waals surface area contributed by atoms with Crippen molar-refractivity contribution in [2.24, 2.45) is 0 Å². The lowest BCUT2D eigenvalue weighted by Crippen LogP contribution is -2.23. The van der Waals surface area contributed by atoms with Crippen molar-refractivity contribution in [1.29, 1.82) is 0 Å². The highest BCUT2D eigenvalue weighted by Crippen LogP contribution is 2.10. The van der Waals surface area contributed by atoms with Crippen molar-refractivity contribution < 1.29 is 14.3 Å². The van der Waals surface area contributed by atoms with Gasteiger partial charge in [-0.3, -0.25) is 4.79 Å². The molecule has 0 aromatic heterocycles. The Kier molecular flexibility index (Phi) is 4.68. The molecule has 0 aliphatic heterocycles. The molecule has 1 aromatic carbocycles. The van der Waals surface area contributed by atoms with Crippen LogP contribution in [-0.2, 0) is 9.53 Å². The predicted molar refractivity (Wildman–Crippen MR) is 57.8 cm³/mol. The summed E-state index contributed by atoms with van der Waals surface area (Å²) in [6.07, 6.45) is 0.592. The lowest BCUT2D eigenvalue weighted by Gasteiger charge is -2.15. The van der Waals surface area contributed by atoms with E-state index in [-0.39, 0.29) is 12.1 Å². The van der Waals surface area contributed by atoms with Crippen LogP contribution in [0.5, 0.6) is 5.75 Å². The fraction of sp³-hybridized carbons (Fsp3) is 0.417. The first kappa shape index (κ1) is 11.6. The number of carbonyl (C=O) groups excluding carboxylic acids is 1. The third-order valence-electron chi connectivity index (χ3n) is 1.97. The average Bonchev–Trinajstić information content (AvgIpc) is 2.25. The molecule has 0 heterocycles. The van der Waals surface area contributed by atoms with E-state index in [4.69, 9.17) is 9.47 Å². The van der Waals surface area contributed by atoms with Gasteiger partial charge in [0.25, 0.3) is 0 Å². The first-order valence-electron chi connectivity index (χ1n) is 5.07. The van der Waals surface area contributed by atoms with E-state index in [9.17, 15) is 4.79 Å². The second kappa shape index (κ2) is 6.06. The maximum atomic E-state index is 10.7. The summed E-state index contributed by atoms with van der Waals surface area (Å²) in [6.45, 7) is 3.77. The molecule has 15 heavy (non-hydrogen) atoms. The van der Waals surface area contributed by atoms with Crippen LogP contribution in [0.3, 0.4) is 0 Å². The summed E-state index contributed by atoms with van der Waals surface area (Å²) in [7, 11) is 0. The SMILES string of the molecule is CC[C@H](COc1ccccc1)OC(C)=O. The normalized spacial score (nSPS) is 11.9. The zero-order chi connectivity index (χ0) is 11.1. The van der Waals surface area contributed by atoms with Gasteiger partial charge in [0.15, 0.2) is 0 Å². The molecule has 0 aliphatic rings. The molecule has 0 spiro atoms. The summed E-state index contributed by atoms with van der Waals surface area (Å²) in [5, 5.41) is 0. The van der Waals surface area contributed by atoms with Gasteiger partial charge in [0, 0.05) is 6.92 Å². The van der Waals surface area contributed by atoms with Crippen molar-refractivity contribution in [2.75, 3.05) is 6.61 Å². The van der Waals surface area contributed by atoms with Crippen LogP contribution in [-0.4, -0.2) is 18.7 Å². The molecule has 0 saturated heterocycles. The van der Waals surface area contributed by atoms with Crippen LogP contribution in [0.15, 0.2) is 30.3 Å². The number of ether oxygens (including phenoxy) is 2. The van der Waals surface area contributed by atoms with Crippen LogP contribution in [0.4, 0.5) is 0 Å². The Bertz CT molecular complexity index is 295. The highest BCUT2D eigenvalue weighted by atomic mass is 16.6. The number of carbonyl (C=O) groups is 1. The van der Waals surface area contributed by atoms with E-state index in [2.05, 4.69) is 0 Å². The van der Waals surface area contributed by atoms with Gasteiger partial charge in [-0.2, -0.15) is 0 Å². The standard InChI is InChI=1S/C12H16O3/c1-3-11(15-10(2)13)9-14-12-7-5-4-6-8-12/h4-8,11H,3,9H2,1-2H3/t11-/m1/s1. The molecule has 0 aliphatic carbocycles. The fourth-order valence-electron chi connectivity index (χ4n) is 1.18. The average molecular weight is 208 g/mol. The first-order valence-corrected chi connectivity index (χ1v) is 5.07. The molecule has 82 valence electrons. The van der Waals surface area contributed by atoms with Gasteiger partial charge in [-0.1, -0.05) is 25.1 Å². The fourth-order valence-corrected chi connectivity index (χ4v) is 1.18. The third kappa shape index (κ3) is 4.49. The van der Waals surface area contributed by atoms with Crippen molar-refractivity contribution in [3.63, 3.8) is 0 Å². The molecule has 0 unspecified atom stereocenters. The zero-order valence-corrected chi connectivity index (χ0v) is 9.10. The lowest BCUT2D eigenvalue weighted by molar-refractivity contribution is -0.147. The van der Waals surface area contributed by atoms with E-state index >= 15 is 0 Å². The Balaban J connectivity index is 2.37. The van der Waals surface area contributed by atoms with Crippen LogP contribution in [0.25, 0.3) is 0 Å². The highest BCUT2D eigenvalue weighted by Gasteiger charge is 2.09. The van der Waals surface area contributed by atoms with Gasteiger partial charge in [-0.25, -0.2) is 0 Å². The van der Waals surface area contributed by atoms with E-state index in [0.717, 1.165) is 12.2 Å². The largest absolute Gasteiger partial charge is 0.490 e. The molecule has 3 heteroatoms. The number of hydrogen-bond acceptors (Lipinski definition) is 3. The van der Waals surface area contributed by atoms with Crippen LogP contribution >= 0.6 is 0 Å². The molecule has 0 amide bonds. The second-order valence-electron chi connectivity index (χ2n) is 3.26. The maximum Gasteiger partial charge on any atom is 0.303 e. The quantitative estimate of drug-likeness (QED) is 0.697. The minimum absolute atomic E-state index is 0.164. The highest BCUT2D eigenvalue weighted by molar-refractivity contribution is 5.66. The summed E-state index contributed by atoms with van der Waals surface area (Å²) in [4.78, 5) is 10.7. The molecule has 0 saturated carbocycles. The Hall–Kier alpha value is -1.51. The van der Waals surface area contributed by atoms with Gasteiger partial charge in [-0.05, 0) is 18.6 Å². The summed E-state index contributed by atoms with van der Waals surface area (Å²) in [5.41, 5.74) is 0. The Morgan fingerprint density at radius 1 is 1.33 bits per heavy atom. The maximum absolute atomic E-state index is 10.7. The molecule has 0 bridgehead atoms. The Morgan fingerprint density at radius 3 is 2.53 bits per heavy atom. The number of rotatable bonds is 5. The molecule has 1 atom stereocenters.